The zero-order valence-corrected chi connectivity index (χ0v) is 24.3. The lowest BCUT2D eigenvalue weighted by molar-refractivity contribution is -0.137. The van der Waals surface area contributed by atoms with Crippen molar-refractivity contribution in [2.75, 3.05) is 24.3 Å². The van der Waals surface area contributed by atoms with Crippen molar-refractivity contribution >= 4 is 27.5 Å². The molecule has 42 heavy (non-hydrogen) atoms. The van der Waals surface area contributed by atoms with Crippen molar-refractivity contribution in [2.24, 2.45) is 0 Å². The third kappa shape index (κ3) is 6.89. The number of aryl methyl sites for hydroxylation is 1. The van der Waals surface area contributed by atoms with Gasteiger partial charge < -0.3 is 15.5 Å². The summed E-state index contributed by atoms with van der Waals surface area (Å²) >= 11 is 0. The molecule has 4 rings (SSSR count). The van der Waals surface area contributed by atoms with Gasteiger partial charge in [-0.1, -0.05) is 24.3 Å². The molecule has 224 valence electrons. The summed E-state index contributed by atoms with van der Waals surface area (Å²) in [5.74, 6) is 0.726. The van der Waals surface area contributed by atoms with Gasteiger partial charge in [0.05, 0.1) is 11.1 Å². The summed E-state index contributed by atoms with van der Waals surface area (Å²) in [7, 11) is -0.601. The average Bonchev–Trinajstić information content (AvgIpc) is 2.95. The van der Waals surface area contributed by atoms with Gasteiger partial charge in [0.25, 0.3) is 5.91 Å². The zero-order valence-electron chi connectivity index (χ0n) is 23.5. The van der Waals surface area contributed by atoms with Crippen LogP contribution in [0.3, 0.4) is 0 Å². The number of carbonyl (C=O) groups excluding carboxylic acids is 1. The quantitative estimate of drug-likeness (QED) is 0.324. The van der Waals surface area contributed by atoms with E-state index in [1.54, 1.807) is 6.20 Å². The molecule has 0 bridgehead atoms. The Balaban J connectivity index is 1.46. The average molecular weight is 603 g/mol. The predicted octanol–water partition coefficient (Wildman–Crippen LogP) is 5.12. The lowest BCUT2D eigenvalue weighted by Gasteiger charge is -2.30. The molecule has 9 nitrogen and oxygen atoms in total. The van der Waals surface area contributed by atoms with E-state index < -0.39 is 37.8 Å². The van der Waals surface area contributed by atoms with E-state index in [4.69, 9.17) is 0 Å². The Hall–Kier alpha value is -4.00. The van der Waals surface area contributed by atoms with Crippen LogP contribution < -0.4 is 15.5 Å². The van der Waals surface area contributed by atoms with E-state index in [9.17, 15) is 26.4 Å². The number of alkyl halides is 3. The van der Waals surface area contributed by atoms with Crippen LogP contribution in [0.5, 0.6) is 0 Å². The molecule has 1 unspecified atom stereocenters. The lowest BCUT2D eigenvalue weighted by atomic mass is 9.91. The largest absolute Gasteiger partial charge is 0.416 e. The van der Waals surface area contributed by atoms with Gasteiger partial charge in [0.2, 0.25) is 15.8 Å². The second-order valence-electron chi connectivity index (χ2n) is 10.4. The molecule has 0 spiro atoms. The molecule has 2 aromatic heterocycles. The smallest absolute Gasteiger partial charge is 0.362 e. The van der Waals surface area contributed by atoms with E-state index in [2.05, 4.69) is 32.2 Å². The van der Waals surface area contributed by atoms with Gasteiger partial charge in [-0.2, -0.15) is 18.2 Å². The van der Waals surface area contributed by atoms with Crippen LogP contribution in [-0.2, 0) is 16.0 Å². The van der Waals surface area contributed by atoms with Crippen LogP contribution in [0.25, 0.3) is 0 Å². The van der Waals surface area contributed by atoms with Crippen molar-refractivity contribution in [2.45, 2.75) is 61.1 Å². The molecule has 2 N–H and O–H groups in total. The summed E-state index contributed by atoms with van der Waals surface area (Å²) in [4.78, 5) is 28.1. The third-order valence-electron chi connectivity index (χ3n) is 7.14. The maximum absolute atomic E-state index is 13.6. The molecule has 1 atom stereocenters. The second kappa shape index (κ2) is 12.5. The number of amides is 1. The summed E-state index contributed by atoms with van der Waals surface area (Å²) in [6.07, 6.45) is 2.10. The van der Waals surface area contributed by atoms with Crippen LogP contribution in [0.4, 0.5) is 24.9 Å². The van der Waals surface area contributed by atoms with Gasteiger partial charge in [-0.15, -0.1) is 6.58 Å². The first-order valence-corrected chi connectivity index (χ1v) is 14.9. The molecule has 0 saturated heterocycles. The molecule has 1 aliphatic rings. The highest BCUT2D eigenvalue weighted by atomic mass is 32.2. The highest BCUT2D eigenvalue weighted by Crippen LogP contribution is 2.35. The van der Waals surface area contributed by atoms with E-state index in [0.29, 0.717) is 18.8 Å². The van der Waals surface area contributed by atoms with Gasteiger partial charge in [0.15, 0.2) is 5.03 Å². The van der Waals surface area contributed by atoms with E-state index in [0.717, 1.165) is 48.5 Å². The van der Waals surface area contributed by atoms with E-state index in [1.165, 1.54) is 24.4 Å². The van der Waals surface area contributed by atoms with Gasteiger partial charge in [-0.05, 0) is 56.4 Å². The minimum atomic E-state index is -4.65. The van der Waals surface area contributed by atoms with Crippen LogP contribution in [0.2, 0.25) is 0 Å². The van der Waals surface area contributed by atoms with Crippen LogP contribution in [0.1, 0.15) is 58.0 Å². The molecule has 1 aliphatic carbocycles. The standard InChI is InChI=1S/C29H33F3N6O3S/c1-5-24(19-8-6-9-20(16-19)29(30,31)32)42(40,41)27-23(10-7-15-33-27)26(39)35-21-11-13-22(14-12-21)36-28-34-17-18(2)25(37-28)38(3)4/h5-10,15-17,21-22,24H,1,11-14H2,2-4H3,(H,35,39)(H,34,36,37). The number of anilines is 2. The topological polar surface area (TPSA) is 117 Å². The fourth-order valence-corrected chi connectivity index (χ4v) is 6.70. The maximum Gasteiger partial charge on any atom is 0.416 e. The third-order valence-corrected chi connectivity index (χ3v) is 9.14. The van der Waals surface area contributed by atoms with Crippen molar-refractivity contribution in [1.82, 2.24) is 20.3 Å². The number of hydrogen-bond donors (Lipinski definition) is 2. The Labute approximate surface area is 243 Å². The van der Waals surface area contributed by atoms with E-state index in [-0.39, 0.29) is 23.2 Å². The van der Waals surface area contributed by atoms with Gasteiger partial charge in [-0.3, -0.25) is 4.79 Å². The van der Waals surface area contributed by atoms with Crippen LogP contribution in [-0.4, -0.2) is 55.5 Å². The van der Waals surface area contributed by atoms with E-state index in [1.807, 2.05) is 25.9 Å². The van der Waals surface area contributed by atoms with Crippen LogP contribution in [0, 0.1) is 6.92 Å². The number of nitrogens with zero attached hydrogens (tertiary/aromatic N) is 4. The maximum atomic E-state index is 13.6. The summed E-state index contributed by atoms with van der Waals surface area (Å²) in [5, 5.41) is 4.20. The highest BCUT2D eigenvalue weighted by molar-refractivity contribution is 7.91. The molecule has 13 heteroatoms. The SMILES string of the molecule is C=CC(c1cccc(C(F)(F)F)c1)S(=O)(=O)c1ncccc1C(=O)NC1CCC(Nc2ncc(C)c(N(C)C)n2)CC1. The normalized spacial score (nSPS) is 18.1. The Morgan fingerprint density at radius 1 is 1.10 bits per heavy atom. The molecule has 3 aromatic rings. The summed E-state index contributed by atoms with van der Waals surface area (Å²) < 4.78 is 67.1. The highest BCUT2D eigenvalue weighted by Gasteiger charge is 2.35. The number of rotatable bonds is 9. The second-order valence-corrected chi connectivity index (χ2v) is 12.4. The number of halogens is 3. The number of carbonyl (C=O) groups is 1. The monoisotopic (exact) mass is 602 g/mol. The minimum absolute atomic E-state index is 0.103. The zero-order chi connectivity index (χ0) is 30.7. The van der Waals surface area contributed by atoms with Crippen molar-refractivity contribution in [3.05, 3.63) is 83.7 Å². The van der Waals surface area contributed by atoms with Crippen molar-refractivity contribution in [3.63, 3.8) is 0 Å². The molecule has 1 fully saturated rings. The number of benzene rings is 1. The molecular formula is C29H33F3N6O3S. The van der Waals surface area contributed by atoms with Crippen molar-refractivity contribution in [1.29, 1.82) is 0 Å². The molecular weight excluding hydrogens is 569 g/mol. The molecule has 0 radical (unpaired) electrons. The Morgan fingerprint density at radius 3 is 2.43 bits per heavy atom. The molecule has 1 amide bonds. The van der Waals surface area contributed by atoms with Crippen LogP contribution in [0.15, 0.2) is 66.5 Å². The van der Waals surface area contributed by atoms with Crippen molar-refractivity contribution < 1.29 is 26.4 Å². The first-order valence-electron chi connectivity index (χ1n) is 13.4. The Kier molecular flexibility index (Phi) is 9.19. The number of pyridine rings is 1. The van der Waals surface area contributed by atoms with Gasteiger partial charge >= 0.3 is 6.18 Å². The Bertz CT molecular complexity index is 1550. The fraction of sp³-hybridized carbons (Fsp3) is 0.379. The minimum Gasteiger partial charge on any atom is -0.362 e. The van der Waals surface area contributed by atoms with Gasteiger partial charge in [0, 0.05) is 44.1 Å². The molecule has 2 heterocycles. The van der Waals surface area contributed by atoms with Gasteiger partial charge in [0.1, 0.15) is 11.1 Å². The van der Waals surface area contributed by atoms with E-state index >= 15 is 0 Å². The lowest BCUT2D eigenvalue weighted by Crippen LogP contribution is -2.40. The Morgan fingerprint density at radius 2 is 1.79 bits per heavy atom. The molecule has 1 saturated carbocycles. The molecule has 0 aliphatic heterocycles. The van der Waals surface area contributed by atoms with Crippen molar-refractivity contribution in [3.8, 4) is 0 Å². The fourth-order valence-electron chi connectivity index (χ4n) is 5.03. The van der Waals surface area contributed by atoms with Crippen LogP contribution >= 0.6 is 0 Å². The first kappa shape index (κ1) is 30.9. The van der Waals surface area contributed by atoms with Gasteiger partial charge in [-0.25, -0.2) is 18.4 Å². The summed E-state index contributed by atoms with van der Waals surface area (Å²) in [6, 6.07) is 6.70. The summed E-state index contributed by atoms with van der Waals surface area (Å²) in [5.41, 5.74) is -0.333. The number of nitrogens with one attached hydrogen (secondary N) is 2. The number of aromatic nitrogens is 3. The number of sulfone groups is 1. The first-order chi connectivity index (χ1) is 19.8. The predicted molar refractivity (Wildman–Crippen MR) is 154 cm³/mol. The number of hydrogen-bond acceptors (Lipinski definition) is 8. The summed E-state index contributed by atoms with van der Waals surface area (Å²) in [6.45, 7) is 5.48. The molecule has 1 aromatic carbocycles.